The molecule has 3 rings (SSSR count). The zero-order valence-corrected chi connectivity index (χ0v) is 19.9. The van der Waals surface area contributed by atoms with E-state index in [9.17, 15) is 37.1 Å². The summed E-state index contributed by atoms with van der Waals surface area (Å²) in [6.45, 7) is 0. The smallest absolute Gasteiger partial charge is 0.398 e. The first-order chi connectivity index (χ1) is 17.3. The lowest BCUT2D eigenvalue weighted by Gasteiger charge is -2.49. The van der Waals surface area contributed by atoms with Crippen LogP contribution in [0.25, 0.3) is 0 Å². The normalized spacial score (nSPS) is 19.7. The van der Waals surface area contributed by atoms with Gasteiger partial charge in [0.25, 0.3) is 11.8 Å². The van der Waals surface area contributed by atoms with Crippen LogP contribution in [0.2, 0.25) is 0 Å². The SMILES string of the molecule is CO/N=C(/C(=O)NC1C(=O)N2C(C(=O)OC(=O)C(F)(F)F)=C(/C=N/NC(N)=O)SCC12)c1csc(N)n1. The van der Waals surface area contributed by atoms with Gasteiger partial charge in [-0.2, -0.15) is 18.3 Å². The molecular formula is C17H15F3N8O7S2. The minimum Gasteiger partial charge on any atom is -0.398 e. The van der Waals surface area contributed by atoms with Crippen LogP contribution in [0.5, 0.6) is 0 Å². The zero-order valence-electron chi connectivity index (χ0n) is 18.3. The topological polar surface area (TPSA) is 221 Å². The second-order valence-corrected chi connectivity index (χ2v) is 8.80. The molecule has 37 heavy (non-hydrogen) atoms. The maximum atomic E-state index is 12.9. The highest BCUT2D eigenvalue weighted by Crippen LogP contribution is 2.39. The number of thiazole rings is 1. The van der Waals surface area contributed by atoms with Crippen molar-refractivity contribution in [2.45, 2.75) is 18.3 Å². The summed E-state index contributed by atoms with van der Waals surface area (Å²) in [6, 6.07) is -3.29. The predicted molar refractivity (Wildman–Crippen MR) is 120 cm³/mol. The first kappa shape index (κ1) is 27.4. The van der Waals surface area contributed by atoms with Crippen LogP contribution in [0.4, 0.5) is 23.1 Å². The lowest BCUT2D eigenvalue weighted by Crippen LogP contribution is -2.73. The van der Waals surface area contributed by atoms with Crippen molar-refractivity contribution in [2.75, 3.05) is 18.6 Å². The third kappa shape index (κ3) is 5.97. The maximum absolute atomic E-state index is 12.9. The Balaban J connectivity index is 1.86. The van der Waals surface area contributed by atoms with E-state index in [0.717, 1.165) is 41.3 Å². The number of nitrogens with two attached hydrogens (primary N) is 2. The Bertz CT molecular complexity index is 1250. The molecule has 2 unspecified atom stereocenters. The number of urea groups is 1. The first-order valence-electron chi connectivity index (χ1n) is 9.60. The van der Waals surface area contributed by atoms with E-state index in [1.54, 1.807) is 0 Å². The van der Waals surface area contributed by atoms with E-state index in [4.69, 9.17) is 11.5 Å². The largest absolute Gasteiger partial charge is 0.491 e. The van der Waals surface area contributed by atoms with E-state index in [1.807, 2.05) is 5.43 Å². The predicted octanol–water partition coefficient (Wildman–Crippen LogP) is -0.984. The summed E-state index contributed by atoms with van der Waals surface area (Å²) >= 11 is 1.83. The van der Waals surface area contributed by atoms with E-state index >= 15 is 0 Å². The number of thioether (sulfide) groups is 1. The molecule has 0 saturated carbocycles. The van der Waals surface area contributed by atoms with E-state index in [1.165, 1.54) is 5.38 Å². The average Bonchev–Trinajstić information content (AvgIpc) is 3.25. The molecule has 0 aliphatic carbocycles. The number of fused-ring (bicyclic) bond motifs is 1. The molecule has 198 valence electrons. The number of nitrogens with one attached hydrogen (secondary N) is 2. The van der Waals surface area contributed by atoms with Gasteiger partial charge in [-0.25, -0.2) is 24.8 Å². The van der Waals surface area contributed by atoms with Crippen molar-refractivity contribution in [2.24, 2.45) is 16.0 Å². The number of oxime groups is 1. The molecule has 2 aliphatic heterocycles. The average molecular weight is 564 g/mol. The molecule has 3 heterocycles. The van der Waals surface area contributed by atoms with Crippen LogP contribution >= 0.6 is 23.1 Å². The summed E-state index contributed by atoms with van der Waals surface area (Å²) in [5.41, 5.74) is 11.2. The molecule has 0 aromatic carbocycles. The van der Waals surface area contributed by atoms with Crippen molar-refractivity contribution in [3.63, 3.8) is 0 Å². The Hall–Kier alpha value is -4.20. The number of rotatable bonds is 7. The van der Waals surface area contributed by atoms with Crippen molar-refractivity contribution in [1.29, 1.82) is 0 Å². The summed E-state index contributed by atoms with van der Waals surface area (Å²) in [4.78, 5) is 69.3. The number of β-lactam (4-membered cyclic amide) rings is 1. The number of nitrogen functional groups attached to an aromatic ring is 1. The molecule has 0 radical (unpaired) electrons. The minimum atomic E-state index is -5.50. The Morgan fingerprint density at radius 1 is 1.32 bits per heavy atom. The number of ether oxygens (including phenoxy) is 1. The summed E-state index contributed by atoms with van der Waals surface area (Å²) in [7, 11) is 1.16. The van der Waals surface area contributed by atoms with E-state index in [0.29, 0.717) is 0 Å². The van der Waals surface area contributed by atoms with Crippen molar-refractivity contribution < 1.29 is 46.7 Å². The quantitative estimate of drug-likeness (QED) is 0.104. The van der Waals surface area contributed by atoms with Gasteiger partial charge in [0.15, 0.2) is 10.8 Å². The van der Waals surface area contributed by atoms with Crippen LogP contribution in [0, 0.1) is 0 Å². The number of hydrogen-bond acceptors (Lipinski definition) is 13. The van der Waals surface area contributed by atoms with Gasteiger partial charge >= 0.3 is 24.1 Å². The number of carbonyl (C=O) groups excluding carboxylic acids is 5. The molecule has 15 nitrogen and oxygen atoms in total. The molecule has 6 N–H and O–H groups in total. The number of alkyl halides is 3. The van der Waals surface area contributed by atoms with Gasteiger partial charge in [-0.3, -0.25) is 14.5 Å². The molecule has 4 amide bonds. The highest BCUT2D eigenvalue weighted by atomic mass is 32.2. The fourth-order valence-corrected chi connectivity index (χ4v) is 4.74. The molecule has 2 aliphatic rings. The van der Waals surface area contributed by atoms with Gasteiger partial charge in [-0.05, 0) is 0 Å². The van der Waals surface area contributed by atoms with Gasteiger partial charge in [0.2, 0.25) is 0 Å². The summed E-state index contributed by atoms with van der Waals surface area (Å²) in [5, 5.41) is 10.9. The van der Waals surface area contributed by atoms with Crippen molar-refractivity contribution in [1.82, 2.24) is 20.6 Å². The van der Waals surface area contributed by atoms with Crippen LogP contribution < -0.4 is 22.2 Å². The first-order valence-corrected chi connectivity index (χ1v) is 11.5. The van der Waals surface area contributed by atoms with E-state index < -0.39 is 53.7 Å². The van der Waals surface area contributed by atoms with Gasteiger partial charge < -0.3 is 26.4 Å². The molecule has 1 aromatic heterocycles. The summed E-state index contributed by atoms with van der Waals surface area (Å²) in [5.74, 6) is -6.43. The Morgan fingerprint density at radius 3 is 2.59 bits per heavy atom. The molecular weight excluding hydrogens is 549 g/mol. The molecule has 20 heteroatoms. The van der Waals surface area contributed by atoms with Crippen molar-refractivity contribution >= 4 is 69.9 Å². The standard InChI is InChI=1S/C17H15F3N8O7S2/c1-34-27-8(5-3-37-16(22)24-5)11(29)25-9-6-4-36-7(2-23-26-15(21)33)10(28(6)12(9)30)13(31)35-14(32)17(18,19)20/h2-3,6,9H,4H2,1H3,(H2,22,24)(H,25,29)(H3,21,26,33)/b23-2+,27-8+. The highest BCUT2D eigenvalue weighted by Gasteiger charge is 2.55. The molecule has 2 atom stereocenters. The Morgan fingerprint density at radius 2 is 2.03 bits per heavy atom. The zero-order chi connectivity index (χ0) is 27.5. The number of halogens is 3. The fraction of sp³-hybridized carbons (Fsp3) is 0.294. The van der Waals surface area contributed by atoms with Crippen LogP contribution in [-0.4, -0.2) is 82.7 Å². The number of amides is 4. The van der Waals surface area contributed by atoms with Gasteiger partial charge in [-0.1, -0.05) is 5.16 Å². The highest BCUT2D eigenvalue weighted by molar-refractivity contribution is 8.04. The van der Waals surface area contributed by atoms with Gasteiger partial charge in [0.1, 0.15) is 24.5 Å². The Labute approximate surface area is 212 Å². The lowest BCUT2D eigenvalue weighted by atomic mass is 9.94. The fourth-order valence-electron chi connectivity index (χ4n) is 3.06. The molecule has 1 fully saturated rings. The monoisotopic (exact) mass is 564 g/mol. The minimum absolute atomic E-state index is 0.0129. The Kier molecular flexibility index (Phi) is 8.01. The number of esters is 2. The second kappa shape index (κ2) is 10.8. The molecule has 1 aromatic rings. The number of nitrogens with zero attached hydrogens (tertiary/aromatic N) is 4. The number of allylic oxidation sites excluding steroid dienone is 1. The second-order valence-electron chi connectivity index (χ2n) is 6.85. The van der Waals surface area contributed by atoms with Gasteiger partial charge in [-0.15, -0.1) is 23.1 Å². The third-order valence-corrected chi connectivity index (χ3v) is 6.31. The van der Waals surface area contributed by atoms with Crippen LogP contribution in [-0.2, 0) is 28.8 Å². The third-order valence-electron chi connectivity index (χ3n) is 4.52. The van der Waals surface area contributed by atoms with Crippen molar-refractivity contribution in [3.8, 4) is 0 Å². The van der Waals surface area contributed by atoms with Gasteiger partial charge in [0, 0.05) is 11.1 Å². The molecule has 1 saturated heterocycles. The lowest BCUT2D eigenvalue weighted by molar-refractivity contribution is -0.201. The maximum Gasteiger partial charge on any atom is 0.491 e. The number of hydrogen-bond donors (Lipinski definition) is 4. The van der Waals surface area contributed by atoms with E-state index in [2.05, 4.69) is 30.1 Å². The van der Waals surface area contributed by atoms with Crippen LogP contribution in [0.15, 0.2) is 26.2 Å². The number of carbonyl (C=O) groups is 5. The van der Waals surface area contributed by atoms with Crippen molar-refractivity contribution in [3.05, 3.63) is 21.7 Å². The number of primary amides is 1. The summed E-state index contributed by atoms with van der Waals surface area (Å²) in [6.07, 6.45) is -4.67. The molecule has 0 spiro atoms. The van der Waals surface area contributed by atoms with E-state index in [-0.39, 0.29) is 27.2 Å². The van der Waals surface area contributed by atoms with Crippen LogP contribution in [0.1, 0.15) is 5.69 Å². The van der Waals surface area contributed by atoms with Gasteiger partial charge in [0.05, 0.1) is 17.2 Å². The number of anilines is 1. The number of hydrazone groups is 1. The summed E-state index contributed by atoms with van der Waals surface area (Å²) < 4.78 is 41.7. The molecule has 0 bridgehead atoms. The number of aromatic nitrogens is 1. The van der Waals surface area contributed by atoms with Crippen LogP contribution in [0.3, 0.4) is 0 Å².